The summed E-state index contributed by atoms with van der Waals surface area (Å²) in [5, 5.41) is 3.72. The van der Waals surface area contributed by atoms with Crippen molar-refractivity contribution in [2.75, 3.05) is 12.4 Å². The number of nitrogens with zero attached hydrogens (tertiary/aromatic N) is 1. The Bertz CT molecular complexity index is 729. The molecule has 1 aromatic heterocycles. The van der Waals surface area contributed by atoms with Crippen LogP contribution in [0, 0.1) is 0 Å². The molecule has 1 aliphatic heterocycles. The number of amides is 1. The Morgan fingerprint density at radius 2 is 2.38 bits per heavy atom. The first kappa shape index (κ1) is 20.3. The molecule has 0 fully saturated rings. The Balaban J connectivity index is 2.16. The molecule has 0 saturated carbocycles. The summed E-state index contributed by atoms with van der Waals surface area (Å²) >= 11 is 1.50. The minimum absolute atomic E-state index is 0.180. The number of nitrogens with one attached hydrogen (secondary N) is 1. The Morgan fingerprint density at radius 1 is 1.62 bits per heavy atom. The van der Waals surface area contributed by atoms with Crippen LogP contribution < -0.4 is 21.4 Å². The van der Waals surface area contributed by atoms with E-state index in [-0.39, 0.29) is 18.6 Å². The van der Waals surface area contributed by atoms with E-state index >= 15 is 0 Å². The van der Waals surface area contributed by atoms with E-state index < -0.39 is 17.7 Å². The van der Waals surface area contributed by atoms with Gasteiger partial charge < -0.3 is 20.2 Å². The van der Waals surface area contributed by atoms with Gasteiger partial charge in [-0.05, 0) is 13.3 Å². The van der Waals surface area contributed by atoms with E-state index in [1.807, 2.05) is 13.8 Å². The van der Waals surface area contributed by atoms with E-state index in [4.69, 9.17) is 14.9 Å². The van der Waals surface area contributed by atoms with Gasteiger partial charge in [0.05, 0.1) is 17.2 Å². The molecule has 2 unspecified atom stereocenters. The molecule has 1 aromatic rings. The molecule has 142 valence electrons. The molecule has 7 nitrogen and oxygen atoms in total. The molecule has 8 heteroatoms. The molecular weight excluding hydrogens is 354 g/mol. The van der Waals surface area contributed by atoms with Crippen LogP contribution in [-0.4, -0.2) is 35.4 Å². The predicted molar refractivity (Wildman–Crippen MR) is 104 cm³/mol. The summed E-state index contributed by atoms with van der Waals surface area (Å²) in [6.45, 7) is 7.70. The summed E-state index contributed by atoms with van der Waals surface area (Å²) in [5.74, 6) is 1.12. The number of carbonyl (C=O) groups excluding carboxylic acids is 1. The fourth-order valence-electron chi connectivity index (χ4n) is 2.50. The maximum absolute atomic E-state index is 12.6. The van der Waals surface area contributed by atoms with Gasteiger partial charge in [-0.15, -0.1) is 11.8 Å². The lowest BCUT2D eigenvalue weighted by Crippen LogP contribution is -2.37. The molecule has 0 bridgehead atoms. The van der Waals surface area contributed by atoms with Gasteiger partial charge in [-0.2, -0.15) is 0 Å². The molecular formula is C18H25N3O4S. The number of carbonyl (C=O) groups is 1. The van der Waals surface area contributed by atoms with Crippen molar-refractivity contribution in [3.63, 3.8) is 0 Å². The highest BCUT2D eigenvalue weighted by Crippen LogP contribution is 2.24. The molecule has 0 spiro atoms. The van der Waals surface area contributed by atoms with Gasteiger partial charge in [0.1, 0.15) is 24.2 Å². The van der Waals surface area contributed by atoms with E-state index in [1.54, 1.807) is 12.1 Å². The van der Waals surface area contributed by atoms with Crippen LogP contribution in [0.4, 0.5) is 0 Å². The number of thioether (sulfide) groups is 1. The number of nitrogens with two attached hydrogens (primary N) is 1. The summed E-state index contributed by atoms with van der Waals surface area (Å²) in [4.78, 5) is 28.8. The van der Waals surface area contributed by atoms with Crippen molar-refractivity contribution in [1.82, 2.24) is 5.32 Å². The lowest BCUT2D eigenvalue weighted by atomic mass is 10.1. The summed E-state index contributed by atoms with van der Waals surface area (Å²) in [6.07, 6.45) is 3.02. The summed E-state index contributed by atoms with van der Waals surface area (Å²) in [7, 11) is 0. The van der Waals surface area contributed by atoms with Crippen LogP contribution in [0.25, 0.3) is 0 Å². The molecule has 0 radical (unpaired) electrons. The van der Waals surface area contributed by atoms with Crippen molar-refractivity contribution in [2.45, 2.75) is 44.8 Å². The number of hydrogen-bond donors (Lipinski definition) is 2. The monoisotopic (exact) mass is 379 g/mol. The quantitative estimate of drug-likeness (QED) is 0.636. The van der Waals surface area contributed by atoms with Crippen LogP contribution in [-0.2, 0) is 4.79 Å². The Kier molecular flexibility index (Phi) is 7.47. The van der Waals surface area contributed by atoms with Crippen molar-refractivity contribution in [1.29, 1.82) is 0 Å². The Hall–Kier alpha value is -2.06. The third-order valence-corrected chi connectivity index (χ3v) is 4.99. The van der Waals surface area contributed by atoms with Crippen molar-refractivity contribution >= 4 is 22.7 Å². The fraction of sp³-hybridized carbons (Fsp3) is 0.500. The van der Waals surface area contributed by atoms with Gasteiger partial charge in [0.25, 0.3) is 0 Å². The molecule has 3 N–H and O–H groups in total. The third-order valence-electron chi connectivity index (χ3n) is 3.73. The standard InChI is InChI=1S/C18H25N3O4S/c1-4-6-13(15-8-12(24-7-5-2)9-16(22)25-15)20-17(23)14-10-26-18(21-14)11(3)19/h5,8-9,11,13-14H,2,4,6-7,10,19H2,1,3H3,(H,20,23)/t11?,13-,14?/m1/s1. The van der Waals surface area contributed by atoms with Crippen LogP contribution >= 0.6 is 11.8 Å². The smallest absolute Gasteiger partial charge is 0.339 e. The van der Waals surface area contributed by atoms with E-state index in [0.29, 0.717) is 23.7 Å². The van der Waals surface area contributed by atoms with Gasteiger partial charge in [-0.1, -0.05) is 26.0 Å². The SMILES string of the molecule is C=CCOc1cc([C@@H](CCC)NC(=O)C2CSC(C(C)N)=N2)oc(=O)c1. The summed E-state index contributed by atoms with van der Waals surface area (Å²) in [5.41, 5.74) is 5.30. The lowest BCUT2D eigenvalue weighted by Gasteiger charge is -2.19. The summed E-state index contributed by atoms with van der Waals surface area (Å²) in [6, 6.07) is 1.82. The second kappa shape index (κ2) is 9.59. The molecule has 0 saturated heterocycles. The average Bonchev–Trinajstić information content (AvgIpc) is 3.09. The normalized spacial score (nSPS) is 18.7. The van der Waals surface area contributed by atoms with Crippen LogP contribution in [0.15, 0.2) is 39.0 Å². The van der Waals surface area contributed by atoms with Gasteiger partial charge in [-0.25, -0.2) is 4.79 Å². The Labute approximate surface area is 157 Å². The molecule has 1 aliphatic rings. The van der Waals surface area contributed by atoms with E-state index in [1.165, 1.54) is 17.8 Å². The Morgan fingerprint density at radius 3 is 3.00 bits per heavy atom. The van der Waals surface area contributed by atoms with E-state index in [9.17, 15) is 9.59 Å². The zero-order valence-corrected chi connectivity index (χ0v) is 15.9. The highest BCUT2D eigenvalue weighted by molar-refractivity contribution is 8.14. The van der Waals surface area contributed by atoms with Gasteiger partial charge >= 0.3 is 5.63 Å². The highest BCUT2D eigenvalue weighted by Gasteiger charge is 2.29. The fourth-order valence-corrected chi connectivity index (χ4v) is 3.52. The van der Waals surface area contributed by atoms with Gasteiger partial charge in [0.2, 0.25) is 5.91 Å². The predicted octanol–water partition coefficient (Wildman–Crippen LogP) is 2.02. The van der Waals surface area contributed by atoms with Crippen molar-refractivity contribution in [2.24, 2.45) is 10.7 Å². The minimum Gasteiger partial charge on any atom is -0.489 e. The highest BCUT2D eigenvalue weighted by atomic mass is 32.2. The number of ether oxygens (including phenoxy) is 1. The zero-order chi connectivity index (χ0) is 19.1. The molecule has 2 rings (SSSR count). The number of aliphatic imine (C=N–C) groups is 1. The van der Waals surface area contributed by atoms with Crippen molar-refractivity contribution in [3.8, 4) is 5.75 Å². The van der Waals surface area contributed by atoms with Crippen LogP contribution in [0.1, 0.15) is 38.5 Å². The lowest BCUT2D eigenvalue weighted by molar-refractivity contribution is -0.122. The minimum atomic E-state index is -0.523. The van der Waals surface area contributed by atoms with Gasteiger partial charge in [0, 0.05) is 17.9 Å². The molecule has 0 aliphatic carbocycles. The van der Waals surface area contributed by atoms with Crippen LogP contribution in [0.5, 0.6) is 5.75 Å². The van der Waals surface area contributed by atoms with E-state index in [0.717, 1.165) is 11.5 Å². The van der Waals surface area contributed by atoms with Crippen LogP contribution in [0.2, 0.25) is 0 Å². The van der Waals surface area contributed by atoms with E-state index in [2.05, 4.69) is 16.9 Å². The largest absolute Gasteiger partial charge is 0.489 e. The van der Waals surface area contributed by atoms with Gasteiger partial charge in [0.15, 0.2) is 0 Å². The van der Waals surface area contributed by atoms with Crippen molar-refractivity contribution < 1.29 is 13.9 Å². The maximum atomic E-state index is 12.6. The molecule has 3 atom stereocenters. The second-order valence-corrected chi connectivity index (χ2v) is 7.09. The summed E-state index contributed by atoms with van der Waals surface area (Å²) < 4.78 is 10.7. The van der Waals surface area contributed by atoms with Gasteiger partial charge in [-0.3, -0.25) is 9.79 Å². The van der Waals surface area contributed by atoms with Crippen LogP contribution in [0.3, 0.4) is 0 Å². The molecule has 2 heterocycles. The first-order valence-electron chi connectivity index (χ1n) is 8.59. The number of rotatable bonds is 9. The molecule has 1 amide bonds. The maximum Gasteiger partial charge on any atom is 0.339 e. The first-order chi connectivity index (χ1) is 12.4. The first-order valence-corrected chi connectivity index (χ1v) is 9.58. The molecule has 26 heavy (non-hydrogen) atoms. The average molecular weight is 379 g/mol. The number of hydrogen-bond acceptors (Lipinski definition) is 7. The topological polar surface area (TPSA) is 107 Å². The van der Waals surface area contributed by atoms with Crippen molar-refractivity contribution in [3.05, 3.63) is 41.0 Å². The third kappa shape index (κ3) is 5.47. The zero-order valence-electron chi connectivity index (χ0n) is 15.1. The second-order valence-electron chi connectivity index (χ2n) is 6.05. The molecule has 0 aromatic carbocycles.